The van der Waals surface area contributed by atoms with Crippen LogP contribution in [0, 0.1) is 5.92 Å². The first-order valence-corrected chi connectivity index (χ1v) is 8.97. The number of likely N-dealkylation sites (tertiary alicyclic amines) is 1. The molecule has 1 aliphatic heterocycles. The molecule has 4 rings (SSSR count). The van der Waals surface area contributed by atoms with E-state index >= 15 is 0 Å². The average Bonchev–Trinajstić information content (AvgIpc) is 3.27. The van der Waals surface area contributed by atoms with Crippen molar-refractivity contribution in [3.8, 4) is 17.2 Å². The molecule has 132 valence electrons. The molecule has 0 spiro atoms. The molecule has 2 aliphatic rings. The van der Waals surface area contributed by atoms with Gasteiger partial charge in [0.05, 0.1) is 18.7 Å². The summed E-state index contributed by atoms with van der Waals surface area (Å²) in [4.78, 5) is 18.4. The number of nitrogens with zero attached hydrogens (tertiary/aromatic N) is 3. The van der Waals surface area contributed by atoms with Gasteiger partial charge < -0.3 is 14.2 Å². The summed E-state index contributed by atoms with van der Waals surface area (Å²) in [5.74, 6) is 3.07. The summed E-state index contributed by atoms with van der Waals surface area (Å²) in [7, 11) is 0. The fourth-order valence-corrected chi connectivity index (χ4v) is 2.97. The molecule has 1 saturated heterocycles. The molecule has 6 heteroatoms. The summed E-state index contributed by atoms with van der Waals surface area (Å²) in [6.45, 7) is 5.39. The molecule has 0 radical (unpaired) electrons. The highest BCUT2D eigenvalue weighted by Gasteiger charge is 2.33. The predicted octanol–water partition coefficient (Wildman–Crippen LogP) is 3.25. The maximum Gasteiger partial charge on any atom is 0.261 e. The Morgan fingerprint density at radius 3 is 2.80 bits per heavy atom. The van der Waals surface area contributed by atoms with E-state index in [0.29, 0.717) is 37.2 Å². The van der Waals surface area contributed by atoms with Crippen molar-refractivity contribution in [3.05, 3.63) is 30.1 Å². The zero-order valence-corrected chi connectivity index (χ0v) is 14.6. The van der Waals surface area contributed by atoms with E-state index < -0.39 is 0 Å². The zero-order chi connectivity index (χ0) is 17.4. The standard InChI is InChI=1S/C19H23N3O3/c1-12(2)9-17(23)22-10-14(11-22)24-16-6-4-3-5-15(16)19-20-18(21-25-19)13-7-8-13/h3-6,12-14H,7-11H2,1-2H3. The Kier molecular flexibility index (Phi) is 4.19. The lowest BCUT2D eigenvalue weighted by Gasteiger charge is -2.39. The second kappa shape index (κ2) is 6.50. The van der Waals surface area contributed by atoms with Gasteiger partial charge >= 0.3 is 0 Å². The van der Waals surface area contributed by atoms with Gasteiger partial charge in [0.25, 0.3) is 5.89 Å². The smallest absolute Gasteiger partial charge is 0.261 e. The van der Waals surface area contributed by atoms with Crippen molar-refractivity contribution in [2.75, 3.05) is 13.1 Å². The lowest BCUT2D eigenvalue weighted by Crippen LogP contribution is -2.56. The third-order valence-corrected chi connectivity index (χ3v) is 4.58. The lowest BCUT2D eigenvalue weighted by atomic mass is 10.1. The van der Waals surface area contributed by atoms with Gasteiger partial charge in [-0.1, -0.05) is 31.1 Å². The number of ether oxygens (including phenoxy) is 1. The topological polar surface area (TPSA) is 68.5 Å². The summed E-state index contributed by atoms with van der Waals surface area (Å²) >= 11 is 0. The third kappa shape index (κ3) is 3.52. The molecular formula is C19H23N3O3. The van der Waals surface area contributed by atoms with Gasteiger partial charge in [0.15, 0.2) is 5.82 Å². The quantitative estimate of drug-likeness (QED) is 0.807. The van der Waals surface area contributed by atoms with E-state index in [1.165, 1.54) is 0 Å². The van der Waals surface area contributed by atoms with Crippen molar-refractivity contribution in [2.45, 2.75) is 45.1 Å². The molecular weight excluding hydrogens is 318 g/mol. The molecule has 2 aromatic rings. The van der Waals surface area contributed by atoms with Crippen LogP contribution in [0.2, 0.25) is 0 Å². The van der Waals surface area contributed by atoms with Crippen LogP contribution in [0.25, 0.3) is 11.5 Å². The minimum Gasteiger partial charge on any atom is -0.486 e. The van der Waals surface area contributed by atoms with Gasteiger partial charge in [0, 0.05) is 12.3 Å². The molecule has 1 amide bonds. The Morgan fingerprint density at radius 2 is 2.08 bits per heavy atom. The minimum atomic E-state index is 0.0167. The van der Waals surface area contributed by atoms with Crippen LogP contribution in [0.3, 0.4) is 0 Å². The summed E-state index contributed by atoms with van der Waals surface area (Å²) in [6, 6.07) is 7.70. The van der Waals surface area contributed by atoms with Crippen molar-refractivity contribution in [1.82, 2.24) is 15.0 Å². The molecule has 1 aromatic heterocycles. The van der Waals surface area contributed by atoms with Gasteiger partial charge in [-0.25, -0.2) is 0 Å². The van der Waals surface area contributed by atoms with Crippen LogP contribution in [0.5, 0.6) is 5.75 Å². The lowest BCUT2D eigenvalue weighted by molar-refractivity contribution is -0.140. The number of rotatable bonds is 6. The molecule has 0 unspecified atom stereocenters. The van der Waals surface area contributed by atoms with Crippen LogP contribution in [-0.4, -0.2) is 40.1 Å². The SMILES string of the molecule is CC(C)CC(=O)N1CC(Oc2ccccc2-c2nc(C3CC3)no2)C1. The van der Waals surface area contributed by atoms with E-state index in [1.807, 2.05) is 29.2 Å². The predicted molar refractivity (Wildman–Crippen MR) is 92.2 cm³/mol. The minimum absolute atomic E-state index is 0.0167. The highest BCUT2D eigenvalue weighted by molar-refractivity contribution is 5.77. The summed E-state index contributed by atoms with van der Waals surface area (Å²) in [5.41, 5.74) is 0.814. The van der Waals surface area contributed by atoms with Gasteiger partial charge in [0.2, 0.25) is 5.91 Å². The fourth-order valence-electron chi connectivity index (χ4n) is 2.97. The second-order valence-electron chi connectivity index (χ2n) is 7.36. The Morgan fingerprint density at radius 1 is 1.32 bits per heavy atom. The highest BCUT2D eigenvalue weighted by Crippen LogP contribution is 2.39. The van der Waals surface area contributed by atoms with Crippen LogP contribution in [0.4, 0.5) is 0 Å². The van der Waals surface area contributed by atoms with Crippen LogP contribution < -0.4 is 4.74 Å². The van der Waals surface area contributed by atoms with Crippen molar-refractivity contribution < 1.29 is 14.1 Å². The first-order chi connectivity index (χ1) is 12.1. The molecule has 1 saturated carbocycles. The molecule has 1 aliphatic carbocycles. The summed E-state index contributed by atoms with van der Waals surface area (Å²) < 4.78 is 11.5. The monoisotopic (exact) mass is 341 g/mol. The number of hydrogen-bond acceptors (Lipinski definition) is 5. The Labute approximate surface area is 147 Å². The van der Waals surface area contributed by atoms with Crippen LogP contribution >= 0.6 is 0 Å². The molecule has 1 aromatic carbocycles. The summed E-state index contributed by atoms with van der Waals surface area (Å²) in [6.07, 6.45) is 2.89. The number of para-hydroxylation sites is 1. The molecule has 6 nitrogen and oxygen atoms in total. The highest BCUT2D eigenvalue weighted by atomic mass is 16.5. The van der Waals surface area contributed by atoms with E-state index in [4.69, 9.17) is 9.26 Å². The first-order valence-electron chi connectivity index (χ1n) is 8.97. The van der Waals surface area contributed by atoms with Gasteiger partial charge in [0.1, 0.15) is 11.9 Å². The Hall–Kier alpha value is -2.37. The average molecular weight is 341 g/mol. The van der Waals surface area contributed by atoms with Crippen molar-refractivity contribution in [2.24, 2.45) is 5.92 Å². The molecule has 2 fully saturated rings. The number of amides is 1. The number of carbonyl (C=O) groups excluding carboxylic acids is 1. The van der Waals surface area contributed by atoms with Crippen LogP contribution in [0.15, 0.2) is 28.8 Å². The van der Waals surface area contributed by atoms with Crippen LogP contribution in [0.1, 0.15) is 44.9 Å². The molecule has 0 N–H and O–H groups in total. The van der Waals surface area contributed by atoms with E-state index in [0.717, 1.165) is 30.0 Å². The third-order valence-electron chi connectivity index (χ3n) is 4.58. The normalized spacial score (nSPS) is 17.6. The van der Waals surface area contributed by atoms with Crippen molar-refractivity contribution in [1.29, 1.82) is 0 Å². The van der Waals surface area contributed by atoms with E-state index in [1.54, 1.807) is 0 Å². The Balaban J connectivity index is 1.41. The molecule has 0 bridgehead atoms. The maximum atomic E-state index is 12.0. The number of benzene rings is 1. The zero-order valence-electron chi connectivity index (χ0n) is 14.6. The maximum absolute atomic E-state index is 12.0. The van der Waals surface area contributed by atoms with Crippen molar-refractivity contribution >= 4 is 5.91 Å². The van der Waals surface area contributed by atoms with Gasteiger partial charge in [-0.15, -0.1) is 0 Å². The number of hydrogen-bond donors (Lipinski definition) is 0. The van der Waals surface area contributed by atoms with E-state index in [2.05, 4.69) is 24.0 Å². The fraction of sp³-hybridized carbons (Fsp3) is 0.526. The number of aromatic nitrogens is 2. The first kappa shape index (κ1) is 16.1. The molecule has 25 heavy (non-hydrogen) atoms. The van der Waals surface area contributed by atoms with E-state index in [9.17, 15) is 4.79 Å². The van der Waals surface area contributed by atoms with E-state index in [-0.39, 0.29) is 12.0 Å². The van der Waals surface area contributed by atoms with Gasteiger partial charge in [-0.2, -0.15) is 4.98 Å². The van der Waals surface area contributed by atoms with Crippen molar-refractivity contribution in [3.63, 3.8) is 0 Å². The van der Waals surface area contributed by atoms with Crippen LogP contribution in [-0.2, 0) is 4.79 Å². The van der Waals surface area contributed by atoms with Gasteiger partial charge in [-0.3, -0.25) is 4.79 Å². The number of carbonyl (C=O) groups is 1. The van der Waals surface area contributed by atoms with Gasteiger partial charge in [-0.05, 0) is 30.9 Å². The Bertz CT molecular complexity index is 761. The molecule has 2 heterocycles. The summed E-state index contributed by atoms with van der Waals surface area (Å²) in [5, 5.41) is 4.08. The second-order valence-corrected chi connectivity index (χ2v) is 7.36. The molecule has 0 atom stereocenters. The largest absolute Gasteiger partial charge is 0.486 e.